The van der Waals surface area contributed by atoms with E-state index in [4.69, 9.17) is 0 Å². The first-order chi connectivity index (χ1) is 14.2. The Kier molecular flexibility index (Phi) is 5.71. The van der Waals surface area contributed by atoms with Gasteiger partial charge in [-0.2, -0.15) is 0 Å². The van der Waals surface area contributed by atoms with Gasteiger partial charge in [0.2, 0.25) is 5.91 Å². The number of likely N-dealkylation sites (tertiary alicyclic amines) is 1. The molecule has 1 fully saturated rings. The Morgan fingerprint density at radius 1 is 0.862 bits per heavy atom. The number of hydrogen-bond donors (Lipinski definition) is 1. The van der Waals surface area contributed by atoms with Gasteiger partial charge in [-0.05, 0) is 28.8 Å². The molecule has 4 nitrogen and oxygen atoms in total. The van der Waals surface area contributed by atoms with Gasteiger partial charge in [0, 0.05) is 37.5 Å². The molecule has 0 saturated carbocycles. The summed E-state index contributed by atoms with van der Waals surface area (Å²) in [7, 11) is 0. The zero-order valence-electron chi connectivity index (χ0n) is 16.3. The summed E-state index contributed by atoms with van der Waals surface area (Å²) in [6, 6.07) is 27.7. The Balaban J connectivity index is 1.30. The Bertz CT molecular complexity index is 969. The predicted molar refractivity (Wildman–Crippen MR) is 114 cm³/mol. The second-order valence-electron chi connectivity index (χ2n) is 7.48. The number of hydrogen-bond acceptors (Lipinski definition) is 2. The topological polar surface area (TPSA) is 49.4 Å². The molecule has 1 N–H and O–H groups in total. The summed E-state index contributed by atoms with van der Waals surface area (Å²) in [6.07, 6.45) is 0.486. The number of nitrogens with one attached hydrogen (secondary N) is 1. The fraction of sp³-hybridized carbons (Fsp3) is 0.200. The molecular weight excluding hydrogens is 360 g/mol. The van der Waals surface area contributed by atoms with Crippen LogP contribution >= 0.6 is 0 Å². The Morgan fingerprint density at radius 3 is 2.17 bits per heavy atom. The molecule has 1 heterocycles. The van der Waals surface area contributed by atoms with Crippen molar-refractivity contribution >= 4 is 11.8 Å². The number of benzene rings is 3. The first kappa shape index (κ1) is 18.9. The normalized spacial score (nSPS) is 16.1. The van der Waals surface area contributed by atoms with E-state index in [1.165, 1.54) is 0 Å². The molecular formula is C25H24N2O2. The lowest BCUT2D eigenvalue weighted by Crippen LogP contribution is -2.31. The monoisotopic (exact) mass is 384 g/mol. The van der Waals surface area contributed by atoms with E-state index in [9.17, 15) is 9.59 Å². The average molecular weight is 384 g/mol. The first-order valence-electron chi connectivity index (χ1n) is 9.94. The zero-order chi connectivity index (χ0) is 20.1. The molecule has 1 unspecified atom stereocenters. The van der Waals surface area contributed by atoms with Gasteiger partial charge in [-0.15, -0.1) is 0 Å². The second kappa shape index (κ2) is 8.74. The summed E-state index contributed by atoms with van der Waals surface area (Å²) in [4.78, 5) is 26.7. The Hall–Kier alpha value is -3.40. The molecule has 0 radical (unpaired) electrons. The van der Waals surface area contributed by atoms with Crippen LogP contribution < -0.4 is 5.32 Å². The van der Waals surface area contributed by atoms with Gasteiger partial charge in [-0.25, -0.2) is 0 Å². The van der Waals surface area contributed by atoms with E-state index < -0.39 is 0 Å². The fourth-order valence-corrected chi connectivity index (χ4v) is 3.73. The molecule has 4 heteroatoms. The van der Waals surface area contributed by atoms with E-state index >= 15 is 0 Å². The van der Waals surface area contributed by atoms with Crippen molar-refractivity contribution in [2.24, 2.45) is 5.92 Å². The van der Waals surface area contributed by atoms with Crippen molar-refractivity contribution in [3.63, 3.8) is 0 Å². The fourth-order valence-electron chi connectivity index (χ4n) is 3.73. The van der Waals surface area contributed by atoms with Gasteiger partial charge < -0.3 is 10.2 Å². The quantitative estimate of drug-likeness (QED) is 0.695. The molecule has 146 valence electrons. The van der Waals surface area contributed by atoms with Crippen molar-refractivity contribution in [2.75, 3.05) is 13.1 Å². The molecule has 1 aliphatic heterocycles. The lowest BCUT2D eigenvalue weighted by molar-refractivity contribution is -0.128. The molecule has 2 amide bonds. The number of rotatable bonds is 6. The maximum absolute atomic E-state index is 12.5. The lowest BCUT2D eigenvalue weighted by atomic mass is 10.0. The highest BCUT2D eigenvalue weighted by Crippen LogP contribution is 2.21. The molecule has 3 aromatic carbocycles. The highest BCUT2D eigenvalue weighted by molar-refractivity contribution is 5.94. The highest BCUT2D eigenvalue weighted by Gasteiger charge is 2.29. The lowest BCUT2D eigenvalue weighted by Gasteiger charge is -2.17. The van der Waals surface area contributed by atoms with E-state index in [0.717, 1.165) is 16.7 Å². The summed E-state index contributed by atoms with van der Waals surface area (Å²) in [6.45, 7) is 1.82. The number of carbonyl (C=O) groups is 2. The first-order valence-corrected chi connectivity index (χ1v) is 9.94. The number of amides is 2. The molecule has 1 atom stereocenters. The summed E-state index contributed by atoms with van der Waals surface area (Å²) < 4.78 is 0. The van der Waals surface area contributed by atoms with Crippen molar-refractivity contribution < 1.29 is 9.59 Å². The molecule has 1 saturated heterocycles. The van der Waals surface area contributed by atoms with Gasteiger partial charge in [0.25, 0.3) is 5.91 Å². The SMILES string of the molecule is O=C(NCC1CC(=O)N(Cc2ccccc2)C1)c1ccc(-c2ccccc2)cc1. The number of carbonyl (C=O) groups excluding carboxylic acids is 2. The summed E-state index contributed by atoms with van der Waals surface area (Å²) >= 11 is 0. The van der Waals surface area contributed by atoms with Crippen LogP contribution in [0, 0.1) is 5.92 Å². The van der Waals surface area contributed by atoms with Gasteiger partial charge in [0.05, 0.1) is 0 Å². The Morgan fingerprint density at radius 2 is 1.48 bits per heavy atom. The maximum Gasteiger partial charge on any atom is 0.251 e. The number of nitrogens with zero attached hydrogens (tertiary/aromatic N) is 1. The summed E-state index contributed by atoms with van der Waals surface area (Å²) in [5.41, 5.74) is 3.97. The van der Waals surface area contributed by atoms with Gasteiger partial charge in [-0.3, -0.25) is 9.59 Å². The highest BCUT2D eigenvalue weighted by atomic mass is 16.2. The second-order valence-corrected chi connectivity index (χ2v) is 7.48. The van der Waals surface area contributed by atoms with Gasteiger partial charge in [0.15, 0.2) is 0 Å². The third-order valence-corrected chi connectivity index (χ3v) is 5.32. The minimum atomic E-state index is -0.0985. The van der Waals surface area contributed by atoms with Gasteiger partial charge in [-0.1, -0.05) is 72.8 Å². The molecule has 3 aromatic rings. The van der Waals surface area contributed by atoms with E-state index in [2.05, 4.69) is 5.32 Å². The van der Waals surface area contributed by atoms with Crippen molar-refractivity contribution in [2.45, 2.75) is 13.0 Å². The van der Waals surface area contributed by atoms with Crippen LogP contribution in [0.25, 0.3) is 11.1 Å². The zero-order valence-corrected chi connectivity index (χ0v) is 16.3. The van der Waals surface area contributed by atoms with Crippen molar-refractivity contribution in [3.8, 4) is 11.1 Å². The van der Waals surface area contributed by atoms with Crippen molar-refractivity contribution in [1.82, 2.24) is 10.2 Å². The van der Waals surface area contributed by atoms with Crippen molar-refractivity contribution in [3.05, 3.63) is 96.1 Å². The predicted octanol–water partition coefficient (Wildman–Crippen LogP) is 4.13. The molecule has 0 aromatic heterocycles. The van der Waals surface area contributed by atoms with Crippen molar-refractivity contribution in [1.29, 1.82) is 0 Å². The molecule has 0 bridgehead atoms. The van der Waals surface area contributed by atoms with Crippen LogP contribution in [0.2, 0.25) is 0 Å². The third-order valence-electron chi connectivity index (χ3n) is 5.32. The van der Waals surface area contributed by atoms with Gasteiger partial charge >= 0.3 is 0 Å². The van der Waals surface area contributed by atoms with Gasteiger partial charge in [0.1, 0.15) is 0 Å². The van der Waals surface area contributed by atoms with Crippen LogP contribution in [0.4, 0.5) is 0 Å². The summed E-state index contributed by atoms with van der Waals surface area (Å²) in [5.74, 6) is 0.206. The molecule has 29 heavy (non-hydrogen) atoms. The standard InChI is InChI=1S/C25H24N2O2/c28-24-15-20(18-27(24)17-19-7-3-1-4-8-19)16-26-25(29)23-13-11-22(12-14-23)21-9-5-2-6-10-21/h1-14,20H,15-18H2,(H,26,29). The Labute approximate surface area is 171 Å². The maximum atomic E-state index is 12.5. The van der Waals surface area contributed by atoms with Crippen LogP contribution in [0.15, 0.2) is 84.9 Å². The minimum Gasteiger partial charge on any atom is -0.352 e. The summed E-state index contributed by atoms with van der Waals surface area (Å²) in [5, 5.41) is 2.99. The largest absolute Gasteiger partial charge is 0.352 e. The molecule has 0 spiro atoms. The van der Waals surface area contributed by atoms with Crippen LogP contribution in [-0.2, 0) is 11.3 Å². The third kappa shape index (κ3) is 4.72. The van der Waals surface area contributed by atoms with Crippen LogP contribution in [-0.4, -0.2) is 29.8 Å². The van der Waals surface area contributed by atoms with Crippen LogP contribution in [0.1, 0.15) is 22.3 Å². The van der Waals surface area contributed by atoms with E-state index in [-0.39, 0.29) is 17.7 Å². The van der Waals surface area contributed by atoms with Crippen LogP contribution in [0.3, 0.4) is 0 Å². The average Bonchev–Trinajstić information content (AvgIpc) is 3.12. The van der Waals surface area contributed by atoms with E-state index in [1.54, 1.807) is 0 Å². The minimum absolute atomic E-state index is 0.0985. The molecule has 4 rings (SSSR count). The smallest absolute Gasteiger partial charge is 0.251 e. The molecule has 0 aliphatic carbocycles. The molecule has 1 aliphatic rings. The van der Waals surface area contributed by atoms with Crippen LogP contribution in [0.5, 0.6) is 0 Å². The van der Waals surface area contributed by atoms with E-state index in [0.29, 0.717) is 31.6 Å². The van der Waals surface area contributed by atoms with E-state index in [1.807, 2.05) is 89.8 Å².